The van der Waals surface area contributed by atoms with Crippen LogP contribution in [0.3, 0.4) is 0 Å². The Hall–Kier alpha value is -1.86. The summed E-state index contributed by atoms with van der Waals surface area (Å²) in [5, 5.41) is 14.6. The lowest BCUT2D eigenvalue weighted by atomic mass is 10.1. The van der Waals surface area contributed by atoms with Crippen LogP contribution in [-0.4, -0.2) is 17.0 Å². The highest BCUT2D eigenvalue weighted by Crippen LogP contribution is 2.24. The number of aryl methyl sites for hydroxylation is 2. The van der Waals surface area contributed by atoms with Crippen molar-refractivity contribution in [3.63, 3.8) is 0 Å². The number of amides is 1. The monoisotopic (exact) mass is 367 g/mol. The normalized spacial score (nSPS) is 11.5. The van der Waals surface area contributed by atoms with Crippen molar-refractivity contribution in [2.24, 2.45) is 10.9 Å². The van der Waals surface area contributed by atoms with Gasteiger partial charge in [0.05, 0.1) is 10.6 Å². The molecule has 0 atom stereocenters. The predicted octanol–water partition coefficient (Wildman–Crippen LogP) is 3.47. The van der Waals surface area contributed by atoms with E-state index in [0.717, 1.165) is 14.9 Å². The third-order valence-electron chi connectivity index (χ3n) is 3.00. The maximum atomic E-state index is 12.3. The summed E-state index contributed by atoms with van der Waals surface area (Å²) in [4.78, 5) is 14.0. The maximum Gasteiger partial charge on any atom is 0.265 e. The van der Waals surface area contributed by atoms with Crippen molar-refractivity contribution < 1.29 is 10.0 Å². The zero-order chi connectivity index (χ0) is 15.6. The van der Waals surface area contributed by atoms with Gasteiger partial charge in [-0.2, -0.15) is 0 Å². The second-order valence-electron chi connectivity index (χ2n) is 4.48. The van der Waals surface area contributed by atoms with Crippen LogP contribution >= 0.6 is 27.3 Å². The van der Waals surface area contributed by atoms with Gasteiger partial charge in [0.25, 0.3) is 5.91 Å². The quantitative estimate of drug-likeness (QED) is 0.336. The minimum Gasteiger partial charge on any atom is -0.409 e. The predicted molar refractivity (Wildman–Crippen MR) is 88.4 cm³/mol. The van der Waals surface area contributed by atoms with Crippen molar-refractivity contribution in [3.05, 3.63) is 49.6 Å². The van der Waals surface area contributed by atoms with Crippen LogP contribution in [0.4, 0.5) is 5.69 Å². The number of anilines is 1. The van der Waals surface area contributed by atoms with Crippen LogP contribution in [0.25, 0.3) is 0 Å². The van der Waals surface area contributed by atoms with E-state index in [0.29, 0.717) is 16.1 Å². The molecule has 0 aliphatic rings. The molecule has 0 radical (unpaired) electrons. The Balaban J connectivity index is 2.33. The lowest BCUT2D eigenvalue weighted by Crippen LogP contribution is -2.18. The van der Waals surface area contributed by atoms with E-state index in [4.69, 9.17) is 10.9 Å². The van der Waals surface area contributed by atoms with Gasteiger partial charge in [0.2, 0.25) is 0 Å². The molecule has 7 heteroatoms. The number of carbonyl (C=O) groups is 1. The highest BCUT2D eigenvalue weighted by molar-refractivity contribution is 9.10. The summed E-state index contributed by atoms with van der Waals surface area (Å²) in [6.45, 7) is 3.93. The lowest BCUT2D eigenvalue weighted by Gasteiger charge is -2.10. The zero-order valence-corrected chi connectivity index (χ0v) is 13.9. The van der Waals surface area contributed by atoms with E-state index in [9.17, 15) is 4.79 Å². The largest absolute Gasteiger partial charge is 0.409 e. The fraction of sp³-hybridized carbons (Fsp3) is 0.143. The van der Waals surface area contributed by atoms with Gasteiger partial charge in [0.1, 0.15) is 0 Å². The Morgan fingerprint density at radius 3 is 2.67 bits per heavy atom. The number of benzene rings is 1. The molecular formula is C14H14BrN3O2S. The number of carbonyl (C=O) groups excluding carboxylic acids is 1. The SMILES string of the molecule is Cc1cc(C(=O)Nc2ccc(Br)cc2/C(N)=N/O)sc1C. The molecule has 0 saturated heterocycles. The second kappa shape index (κ2) is 6.28. The van der Waals surface area contributed by atoms with Crippen LogP contribution in [0.2, 0.25) is 0 Å². The number of nitrogens with zero attached hydrogens (tertiary/aromatic N) is 1. The van der Waals surface area contributed by atoms with Crippen molar-refractivity contribution >= 4 is 44.7 Å². The summed E-state index contributed by atoms with van der Waals surface area (Å²) in [6.07, 6.45) is 0. The van der Waals surface area contributed by atoms with Gasteiger partial charge in [-0.3, -0.25) is 4.79 Å². The van der Waals surface area contributed by atoms with Crippen LogP contribution in [0, 0.1) is 13.8 Å². The molecule has 110 valence electrons. The molecule has 0 unspecified atom stereocenters. The number of amidine groups is 1. The molecule has 2 aromatic rings. The van der Waals surface area contributed by atoms with E-state index in [1.165, 1.54) is 11.3 Å². The van der Waals surface area contributed by atoms with Gasteiger partial charge in [0, 0.05) is 14.9 Å². The Bertz CT molecular complexity index is 706. The molecule has 0 bridgehead atoms. The van der Waals surface area contributed by atoms with E-state index in [1.54, 1.807) is 18.2 Å². The van der Waals surface area contributed by atoms with Gasteiger partial charge in [-0.25, -0.2) is 0 Å². The minimum atomic E-state index is -0.217. The summed E-state index contributed by atoms with van der Waals surface area (Å²) >= 11 is 4.75. The number of rotatable bonds is 3. The Morgan fingerprint density at radius 1 is 1.38 bits per heavy atom. The number of nitrogens with one attached hydrogen (secondary N) is 1. The van der Waals surface area contributed by atoms with Crippen molar-refractivity contribution in [3.8, 4) is 0 Å². The first-order valence-corrected chi connectivity index (χ1v) is 7.69. The Labute approximate surface area is 134 Å². The van der Waals surface area contributed by atoms with Crippen LogP contribution in [0.1, 0.15) is 25.7 Å². The molecule has 2 rings (SSSR count). The molecule has 0 saturated carbocycles. The molecule has 0 fully saturated rings. The molecule has 5 nitrogen and oxygen atoms in total. The van der Waals surface area contributed by atoms with Crippen molar-refractivity contribution in [1.29, 1.82) is 0 Å². The lowest BCUT2D eigenvalue weighted by molar-refractivity contribution is 0.103. The highest BCUT2D eigenvalue weighted by Gasteiger charge is 2.14. The summed E-state index contributed by atoms with van der Waals surface area (Å²) in [5.41, 5.74) is 7.66. The fourth-order valence-electron chi connectivity index (χ4n) is 1.76. The van der Waals surface area contributed by atoms with Gasteiger partial charge in [-0.15, -0.1) is 11.3 Å². The Morgan fingerprint density at radius 2 is 2.10 bits per heavy atom. The first-order valence-electron chi connectivity index (χ1n) is 6.08. The molecule has 0 spiro atoms. The number of oxime groups is 1. The average molecular weight is 368 g/mol. The third kappa shape index (κ3) is 3.43. The van der Waals surface area contributed by atoms with E-state index < -0.39 is 0 Å². The van der Waals surface area contributed by atoms with Crippen LogP contribution in [0.15, 0.2) is 33.9 Å². The first-order chi connectivity index (χ1) is 9.92. The van der Waals surface area contributed by atoms with E-state index >= 15 is 0 Å². The molecule has 1 heterocycles. The summed E-state index contributed by atoms with van der Waals surface area (Å²) in [7, 11) is 0. The maximum absolute atomic E-state index is 12.3. The highest BCUT2D eigenvalue weighted by atomic mass is 79.9. The topological polar surface area (TPSA) is 87.7 Å². The van der Waals surface area contributed by atoms with Gasteiger partial charge < -0.3 is 16.3 Å². The summed E-state index contributed by atoms with van der Waals surface area (Å²) in [5.74, 6) is -0.282. The molecule has 1 aromatic heterocycles. The second-order valence-corrected chi connectivity index (χ2v) is 6.65. The molecule has 21 heavy (non-hydrogen) atoms. The van der Waals surface area contributed by atoms with Crippen molar-refractivity contribution in [2.45, 2.75) is 13.8 Å². The molecule has 0 aliphatic carbocycles. The van der Waals surface area contributed by atoms with Crippen molar-refractivity contribution in [1.82, 2.24) is 0 Å². The van der Waals surface area contributed by atoms with Crippen LogP contribution < -0.4 is 11.1 Å². The number of thiophene rings is 1. The smallest absolute Gasteiger partial charge is 0.265 e. The van der Waals surface area contributed by atoms with E-state index in [2.05, 4.69) is 26.4 Å². The van der Waals surface area contributed by atoms with Gasteiger partial charge in [0.15, 0.2) is 5.84 Å². The fourth-order valence-corrected chi connectivity index (χ4v) is 3.05. The van der Waals surface area contributed by atoms with Crippen LogP contribution in [0.5, 0.6) is 0 Å². The summed E-state index contributed by atoms with van der Waals surface area (Å²) < 4.78 is 0.768. The molecule has 1 aromatic carbocycles. The van der Waals surface area contributed by atoms with Gasteiger partial charge >= 0.3 is 0 Å². The first kappa shape index (κ1) is 15.5. The molecule has 4 N–H and O–H groups in total. The minimum absolute atomic E-state index is 0.0647. The average Bonchev–Trinajstić information content (AvgIpc) is 2.80. The van der Waals surface area contributed by atoms with Gasteiger partial charge in [-0.1, -0.05) is 21.1 Å². The van der Waals surface area contributed by atoms with Gasteiger partial charge in [-0.05, 0) is 43.7 Å². The van der Waals surface area contributed by atoms with E-state index in [1.807, 2.05) is 19.9 Å². The number of hydrogen-bond acceptors (Lipinski definition) is 4. The van der Waals surface area contributed by atoms with Crippen molar-refractivity contribution in [2.75, 3.05) is 5.32 Å². The number of hydrogen-bond donors (Lipinski definition) is 3. The van der Waals surface area contributed by atoms with E-state index in [-0.39, 0.29) is 11.7 Å². The molecule has 1 amide bonds. The number of nitrogens with two attached hydrogens (primary N) is 1. The molecule has 0 aliphatic heterocycles. The standard InChI is InChI=1S/C14H14BrN3O2S/c1-7-5-12(21-8(7)2)14(19)17-11-4-3-9(15)6-10(11)13(16)18-20/h3-6,20H,1-2H3,(H2,16,18)(H,17,19). The molecular weight excluding hydrogens is 354 g/mol. The summed E-state index contributed by atoms with van der Waals surface area (Å²) in [6, 6.07) is 6.99. The Kier molecular flexibility index (Phi) is 4.64. The zero-order valence-electron chi connectivity index (χ0n) is 11.5. The third-order valence-corrected chi connectivity index (χ3v) is 4.65. The number of halogens is 1. The van der Waals surface area contributed by atoms with Crippen LogP contribution in [-0.2, 0) is 0 Å².